The fraction of sp³-hybridized carbons (Fsp3) is 0.381. The summed E-state index contributed by atoms with van der Waals surface area (Å²) >= 11 is 0. The first-order valence-electron chi connectivity index (χ1n) is 9.52. The van der Waals surface area contributed by atoms with Gasteiger partial charge in [0.25, 0.3) is 5.91 Å². The number of fused-ring (bicyclic) bond motifs is 1. The van der Waals surface area contributed by atoms with Gasteiger partial charge < -0.3 is 10.2 Å². The van der Waals surface area contributed by atoms with Gasteiger partial charge >= 0.3 is 0 Å². The van der Waals surface area contributed by atoms with Gasteiger partial charge in [0.2, 0.25) is 10.0 Å². The summed E-state index contributed by atoms with van der Waals surface area (Å²) in [6, 6.07) is 15.2. The average Bonchev–Trinajstić information content (AvgIpc) is 2.70. The van der Waals surface area contributed by atoms with Gasteiger partial charge in [0.1, 0.15) is 0 Å². The molecule has 0 aliphatic carbocycles. The van der Waals surface area contributed by atoms with Crippen molar-refractivity contribution in [3.8, 4) is 0 Å². The van der Waals surface area contributed by atoms with Crippen molar-refractivity contribution < 1.29 is 13.2 Å². The summed E-state index contributed by atoms with van der Waals surface area (Å²) in [7, 11) is -1.98. The molecule has 3 rings (SSSR count). The second kappa shape index (κ2) is 8.65. The number of nitrogens with zero attached hydrogens (tertiary/aromatic N) is 2. The third-order valence-electron chi connectivity index (χ3n) is 5.08. The Morgan fingerprint density at radius 1 is 1.14 bits per heavy atom. The van der Waals surface area contributed by atoms with Crippen LogP contribution in [0.25, 0.3) is 0 Å². The van der Waals surface area contributed by atoms with E-state index in [1.54, 1.807) is 24.3 Å². The number of para-hydroxylation sites is 2. The van der Waals surface area contributed by atoms with Crippen molar-refractivity contribution in [1.82, 2.24) is 5.32 Å². The van der Waals surface area contributed by atoms with Crippen LogP contribution in [0.3, 0.4) is 0 Å². The molecule has 0 saturated carbocycles. The molecule has 2 aromatic carbocycles. The minimum absolute atomic E-state index is 0.259. The van der Waals surface area contributed by atoms with Crippen molar-refractivity contribution in [3.05, 3.63) is 59.7 Å². The normalized spacial score (nSPS) is 13.7. The third-order valence-corrected chi connectivity index (χ3v) is 6.27. The lowest BCUT2D eigenvalue weighted by molar-refractivity contribution is 0.0954. The van der Waals surface area contributed by atoms with E-state index in [4.69, 9.17) is 0 Å². The molecule has 1 amide bonds. The predicted octanol–water partition coefficient (Wildman–Crippen LogP) is 2.66. The number of aryl methyl sites for hydroxylation is 1. The highest BCUT2D eigenvalue weighted by atomic mass is 32.2. The highest BCUT2D eigenvalue weighted by Crippen LogP contribution is 2.26. The van der Waals surface area contributed by atoms with Gasteiger partial charge in [0, 0.05) is 32.4 Å². The van der Waals surface area contributed by atoms with Gasteiger partial charge in [0.15, 0.2) is 0 Å². The first-order valence-corrected chi connectivity index (χ1v) is 11.4. The first kappa shape index (κ1) is 20.2. The quantitative estimate of drug-likeness (QED) is 0.724. The Kier molecular flexibility index (Phi) is 6.24. The van der Waals surface area contributed by atoms with E-state index in [9.17, 15) is 13.2 Å². The number of rotatable bonds is 7. The zero-order chi connectivity index (χ0) is 20.1. The molecule has 28 heavy (non-hydrogen) atoms. The Balaban J connectivity index is 1.58. The van der Waals surface area contributed by atoms with Crippen LogP contribution in [-0.2, 0) is 16.4 Å². The number of hydrogen-bond donors (Lipinski definition) is 1. The van der Waals surface area contributed by atoms with Crippen molar-refractivity contribution in [2.45, 2.75) is 19.3 Å². The van der Waals surface area contributed by atoms with Crippen molar-refractivity contribution in [1.29, 1.82) is 0 Å². The molecule has 0 bridgehead atoms. The predicted molar refractivity (Wildman–Crippen MR) is 114 cm³/mol. The van der Waals surface area contributed by atoms with Crippen LogP contribution < -0.4 is 14.5 Å². The maximum Gasteiger partial charge on any atom is 0.253 e. The molecule has 6 nitrogen and oxygen atoms in total. The highest BCUT2D eigenvalue weighted by molar-refractivity contribution is 7.92. The molecule has 0 saturated heterocycles. The molecule has 0 aromatic heterocycles. The average molecular weight is 402 g/mol. The largest absolute Gasteiger partial charge is 0.371 e. The second-order valence-electron chi connectivity index (χ2n) is 7.08. The molecule has 0 radical (unpaired) electrons. The van der Waals surface area contributed by atoms with E-state index in [1.165, 1.54) is 18.3 Å². The lowest BCUT2D eigenvalue weighted by atomic mass is 10.0. The number of amides is 1. The molecule has 1 heterocycles. The smallest absolute Gasteiger partial charge is 0.253 e. The number of hydrogen-bond acceptors (Lipinski definition) is 4. The third kappa shape index (κ3) is 4.65. The van der Waals surface area contributed by atoms with Gasteiger partial charge in [-0.25, -0.2) is 8.42 Å². The lowest BCUT2D eigenvalue weighted by Gasteiger charge is -2.31. The standard InChI is InChI=1S/C21H27N3O3S/c1-23(28(2,26)27)20-13-6-4-11-18(20)21(25)22-14-8-16-24-15-7-10-17-9-3-5-12-19(17)24/h3-6,9,11-13H,7-8,10,14-16H2,1-2H3,(H,22,25). The van der Waals surface area contributed by atoms with Crippen LogP contribution in [-0.4, -0.2) is 47.3 Å². The van der Waals surface area contributed by atoms with Crippen molar-refractivity contribution in [2.24, 2.45) is 0 Å². The molecule has 0 unspecified atom stereocenters. The van der Waals surface area contributed by atoms with Crippen LogP contribution in [0, 0.1) is 0 Å². The number of carbonyl (C=O) groups excluding carboxylic acids is 1. The minimum atomic E-state index is -3.43. The van der Waals surface area contributed by atoms with E-state index in [1.807, 2.05) is 0 Å². The lowest BCUT2D eigenvalue weighted by Crippen LogP contribution is -2.34. The number of sulfonamides is 1. The SMILES string of the molecule is CN(c1ccccc1C(=O)NCCCN1CCCc2ccccc21)S(C)(=O)=O. The molecule has 1 N–H and O–H groups in total. The summed E-state index contributed by atoms with van der Waals surface area (Å²) < 4.78 is 24.8. The van der Waals surface area contributed by atoms with Gasteiger partial charge in [-0.05, 0) is 43.0 Å². The van der Waals surface area contributed by atoms with Gasteiger partial charge in [-0.15, -0.1) is 0 Å². The monoisotopic (exact) mass is 401 g/mol. The van der Waals surface area contributed by atoms with Crippen molar-refractivity contribution in [3.63, 3.8) is 0 Å². The van der Waals surface area contributed by atoms with Gasteiger partial charge in [-0.2, -0.15) is 0 Å². The maximum atomic E-state index is 12.6. The Hall–Kier alpha value is -2.54. The maximum absolute atomic E-state index is 12.6. The Bertz CT molecular complexity index is 943. The Morgan fingerprint density at radius 3 is 2.64 bits per heavy atom. The molecule has 150 valence electrons. The van der Waals surface area contributed by atoms with Crippen LogP contribution in [0.15, 0.2) is 48.5 Å². The summed E-state index contributed by atoms with van der Waals surface area (Å²) in [5, 5.41) is 2.92. The molecule has 7 heteroatoms. The first-order chi connectivity index (χ1) is 13.4. The molecular weight excluding hydrogens is 374 g/mol. The Labute approximate surface area is 167 Å². The van der Waals surface area contributed by atoms with Crippen molar-refractivity contribution >= 4 is 27.3 Å². The van der Waals surface area contributed by atoms with Crippen LogP contribution in [0.1, 0.15) is 28.8 Å². The molecule has 0 atom stereocenters. The van der Waals surface area contributed by atoms with Crippen molar-refractivity contribution in [2.75, 3.05) is 42.1 Å². The zero-order valence-electron chi connectivity index (χ0n) is 16.4. The van der Waals surface area contributed by atoms with Crippen LogP contribution in [0.5, 0.6) is 0 Å². The number of benzene rings is 2. The summed E-state index contributed by atoms with van der Waals surface area (Å²) in [4.78, 5) is 15.0. The van der Waals surface area contributed by atoms with E-state index in [-0.39, 0.29) is 5.91 Å². The number of nitrogens with one attached hydrogen (secondary N) is 1. The molecule has 1 aliphatic rings. The van der Waals surface area contributed by atoms with Gasteiger partial charge in [-0.3, -0.25) is 9.10 Å². The number of anilines is 2. The molecule has 1 aliphatic heterocycles. The fourth-order valence-electron chi connectivity index (χ4n) is 3.53. The summed E-state index contributed by atoms with van der Waals surface area (Å²) in [6.45, 7) is 2.45. The topological polar surface area (TPSA) is 69.7 Å². The summed E-state index contributed by atoms with van der Waals surface area (Å²) in [5.74, 6) is -0.259. The Morgan fingerprint density at radius 2 is 1.86 bits per heavy atom. The highest BCUT2D eigenvalue weighted by Gasteiger charge is 2.19. The molecule has 0 fully saturated rings. The zero-order valence-corrected chi connectivity index (χ0v) is 17.2. The van der Waals surface area contributed by atoms with Crippen LogP contribution >= 0.6 is 0 Å². The number of carbonyl (C=O) groups is 1. The summed E-state index contributed by atoms with van der Waals surface area (Å²) in [5.41, 5.74) is 3.42. The van der Waals surface area contributed by atoms with E-state index in [0.717, 1.165) is 42.9 Å². The summed E-state index contributed by atoms with van der Waals surface area (Å²) in [6.07, 6.45) is 4.21. The van der Waals surface area contributed by atoms with E-state index < -0.39 is 10.0 Å². The van der Waals surface area contributed by atoms with Gasteiger partial charge in [0.05, 0.1) is 17.5 Å². The fourth-order valence-corrected chi connectivity index (χ4v) is 4.05. The van der Waals surface area contributed by atoms with E-state index >= 15 is 0 Å². The molecule has 2 aromatic rings. The van der Waals surface area contributed by atoms with Gasteiger partial charge in [-0.1, -0.05) is 30.3 Å². The van der Waals surface area contributed by atoms with Crippen LogP contribution in [0.2, 0.25) is 0 Å². The molecule has 0 spiro atoms. The second-order valence-corrected chi connectivity index (χ2v) is 9.09. The van der Waals surface area contributed by atoms with E-state index in [2.05, 4.69) is 34.5 Å². The molecular formula is C21H27N3O3S. The minimum Gasteiger partial charge on any atom is -0.371 e. The van der Waals surface area contributed by atoms with Crippen LogP contribution in [0.4, 0.5) is 11.4 Å². The van der Waals surface area contributed by atoms with E-state index in [0.29, 0.717) is 17.8 Å².